The van der Waals surface area contributed by atoms with Crippen molar-refractivity contribution in [3.05, 3.63) is 41.6 Å². The van der Waals surface area contributed by atoms with Crippen molar-refractivity contribution in [2.75, 3.05) is 63.1 Å². The highest BCUT2D eigenvalue weighted by Gasteiger charge is 2.24. The SMILES string of the molecule is Cc1cccc(Nc2nc(N3CCN(CC4CCN(C)CC4)CC3)ncc2C(N)=O)c1. The molecule has 2 saturated heterocycles. The average molecular weight is 424 g/mol. The van der Waals surface area contributed by atoms with Gasteiger partial charge in [-0.3, -0.25) is 9.69 Å². The molecule has 4 rings (SSSR count). The Hall–Kier alpha value is -2.71. The van der Waals surface area contributed by atoms with Crippen LogP contribution in [0.15, 0.2) is 30.5 Å². The molecule has 1 aromatic heterocycles. The normalized spacial score (nSPS) is 18.8. The molecule has 2 aliphatic heterocycles. The van der Waals surface area contributed by atoms with Gasteiger partial charge in [0.2, 0.25) is 5.95 Å². The molecule has 0 atom stereocenters. The molecular weight excluding hydrogens is 390 g/mol. The van der Waals surface area contributed by atoms with E-state index in [0.29, 0.717) is 17.3 Å². The highest BCUT2D eigenvalue weighted by molar-refractivity contribution is 5.98. The number of nitrogens with two attached hydrogens (primary N) is 1. The molecule has 2 aromatic rings. The zero-order valence-electron chi connectivity index (χ0n) is 18.5. The fraction of sp³-hybridized carbons (Fsp3) is 0.522. The summed E-state index contributed by atoms with van der Waals surface area (Å²) in [4.78, 5) is 28.2. The van der Waals surface area contributed by atoms with E-state index >= 15 is 0 Å². The molecule has 31 heavy (non-hydrogen) atoms. The molecule has 2 fully saturated rings. The molecule has 0 unspecified atom stereocenters. The van der Waals surface area contributed by atoms with E-state index in [0.717, 1.165) is 43.3 Å². The first kappa shape index (κ1) is 21.5. The van der Waals surface area contributed by atoms with Crippen molar-refractivity contribution in [1.82, 2.24) is 19.8 Å². The number of primary amides is 1. The van der Waals surface area contributed by atoms with E-state index in [9.17, 15) is 4.79 Å². The van der Waals surface area contributed by atoms with Crippen molar-refractivity contribution < 1.29 is 4.79 Å². The second-order valence-electron chi connectivity index (χ2n) is 8.83. The lowest BCUT2D eigenvalue weighted by Gasteiger charge is -2.38. The van der Waals surface area contributed by atoms with Gasteiger partial charge in [-0.25, -0.2) is 4.98 Å². The average Bonchev–Trinajstić information content (AvgIpc) is 2.76. The number of likely N-dealkylation sites (tertiary alicyclic amines) is 1. The number of piperazine rings is 1. The summed E-state index contributed by atoms with van der Waals surface area (Å²) in [7, 11) is 2.21. The summed E-state index contributed by atoms with van der Waals surface area (Å²) in [5.74, 6) is 1.36. The summed E-state index contributed by atoms with van der Waals surface area (Å²) in [6, 6.07) is 7.94. The summed E-state index contributed by atoms with van der Waals surface area (Å²) in [5, 5.41) is 3.25. The van der Waals surface area contributed by atoms with Crippen molar-refractivity contribution in [3.8, 4) is 0 Å². The monoisotopic (exact) mass is 423 g/mol. The second kappa shape index (κ2) is 9.62. The second-order valence-corrected chi connectivity index (χ2v) is 8.83. The van der Waals surface area contributed by atoms with Crippen LogP contribution in [-0.4, -0.2) is 78.5 Å². The molecule has 3 heterocycles. The van der Waals surface area contributed by atoms with E-state index in [4.69, 9.17) is 5.73 Å². The number of nitrogens with zero attached hydrogens (tertiary/aromatic N) is 5. The lowest BCUT2D eigenvalue weighted by atomic mass is 9.96. The van der Waals surface area contributed by atoms with Crippen LogP contribution in [0.25, 0.3) is 0 Å². The Morgan fingerprint density at radius 3 is 2.58 bits per heavy atom. The highest BCUT2D eigenvalue weighted by Crippen LogP contribution is 2.23. The van der Waals surface area contributed by atoms with Crippen LogP contribution >= 0.6 is 0 Å². The van der Waals surface area contributed by atoms with Crippen molar-refractivity contribution in [3.63, 3.8) is 0 Å². The number of carbonyl (C=O) groups excluding carboxylic acids is 1. The van der Waals surface area contributed by atoms with Gasteiger partial charge in [0.1, 0.15) is 11.4 Å². The largest absolute Gasteiger partial charge is 0.365 e. The number of benzene rings is 1. The van der Waals surface area contributed by atoms with Crippen LogP contribution in [0.1, 0.15) is 28.8 Å². The van der Waals surface area contributed by atoms with Crippen molar-refractivity contribution in [2.45, 2.75) is 19.8 Å². The molecule has 0 saturated carbocycles. The van der Waals surface area contributed by atoms with Crippen molar-refractivity contribution >= 4 is 23.4 Å². The molecule has 1 aromatic carbocycles. The maximum absolute atomic E-state index is 11.9. The minimum Gasteiger partial charge on any atom is -0.365 e. The third-order valence-electron chi connectivity index (χ3n) is 6.33. The molecule has 0 spiro atoms. The van der Waals surface area contributed by atoms with Gasteiger partial charge in [0.15, 0.2) is 0 Å². The number of anilines is 3. The molecule has 0 aliphatic carbocycles. The lowest BCUT2D eigenvalue weighted by molar-refractivity contribution is 0.100. The van der Waals surface area contributed by atoms with E-state index < -0.39 is 5.91 Å². The number of hydrogen-bond acceptors (Lipinski definition) is 7. The van der Waals surface area contributed by atoms with Gasteiger partial charge in [-0.05, 0) is 63.5 Å². The van der Waals surface area contributed by atoms with Gasteiger partial charge < -0.3 is 20.9 Å². The predicted molar refractivity (Wildman–Crippen MR) is 124 cm³/mol. The van der Waals surface area contributed by atoms with Gasteiger partial charge in [0.25, 0.3) is 5.91 Å². The Morgan fingerprint density at radius 1 is 1.16 bits per heavy atom. The molecule has 8 nitrogen and oxygen atoms in total. The van der Waals surface area contributed by atoms with E-state index in [1.54, 1.807) is 0 Å². The van der Waals surface area contributed by atoms with E-state index in [-0.39, 0.29) is 0 Å². The summed E-state index contributed by atoms with van der Waals surface area (Å²) < 4.78 is 0. The summed E-state index contributed by atoms with van der Waals surface area (Å²) >= 11 is 0. The molecular formula is C23H33N7O. The molecule has 1 amide bonds. The minimum absolute atomic E-state index is 0.297. The molecule has 2 aliphatic rings. The number of nitrogens with one attached hydrogen (secondary N) is 1. The van der Waals surface area contributed by atoms with E-state index in [2.05, 4.69) is 37.0 Å². The summed E-state index contributed by atoms with van der Waals surface area (Å²) in [6.07, 6.45) is 4.12. The number of rotatable bonds is 6. The molecule has 166 valence electrons. The minimum atomic E-state index is -0.537. The zero-order valence-corrected chi connectivity index (χ0v) is 18.5. The Bertz CT molecular complexity index is 903. The quantitative estimate of drug-likeness (QED) is 0.735. The maximum atomic E-state index is 11.9. The van der Waals surface area contributed by atoms with Gasteiger partial charge in [0.05, 0.1) is 0 Å². The van der Waals surface area contributed by atoms with Crippen LogP contribution < -0.4 is 16.0 Å². The fourth-order valence-corrected chi connectivity index (χ4v) is 4.40. The number of amides is 1. The van der Waals surface area contributed by atoms with Crippen molar-refractivity contribution in [2.24, 2.45) is 11.7 Å². The van der Waals surface area contributed by atoms with E-state index in [1.165, 1.54) is 38.7 Å². The number of piperidine rings is 1. The third kappa shape index (κ3) is 5.51. The molecule has 8 heteroatoms. The fourth-order valence-electron chi connectivity index (χ4n) is 4.40. The standard InChI is InChI=1S/C23H33N7O/c1-17-4-3-5-19(14-17)26-22-20(21(24)31)15-25-23(27-22)30-12-10-29(11-13-30)16-18-6-8-28(2)9-7-18/h3-5,14-15,18H,6-13,16H2,1-2H3,(H2,24,31)(H,25,26,27). The first-order valence-electron chi connectivity index (χ1n) is 11.1. The number of carbonyl (C=O) groups is 1. The lowest BCUT2D eigenvalue weighted by Crippen LogP contribution is -2.49. The smallest absolute Gasteiger partial charge is 0.254 e. The van der Waals surface area contributed by atoms with Crippen molar-refractivity contribution in [1.29, 1.82) is 0 Å². The molecule has 3 N–H and O–H groups in total. The highest BCUT2D eigenvalue weighted by atomic mass is 16.1. The van der Waals surface area contributed by atoms with E-state index in [1.807, 2.05) is 31.2 Å². The topological polar surface area (TPSA) is 90.6 Å². The Morgan fingerprint density at radius 2 is 1.90 bits per heavy atom. The first-order valence-corrected chi connectivity index (χ1v) is 11.1. The Labute approximate surface area is 184 Å². The number of aryl methyl sites for hydroxylation is 1. The summed E-state index contributed by atoms with van der Waals surface area (Å²) in [5.41, 5.74) is 7.85. The van der Waals surface area contributed by atoms with Crippen LogP contribution in [0.3, 0.4) is 0 Å². The van der Waals surface area contributed by atoms with Crippen LogP contribution in [-0.2, 0) is 0 Å². The van der Waals surface area contributed by atoms with Gasteiger partial charge in [-0.2, -0.15) is 4.98 Å². The van der Waals surface area contributed by atoms with Gasteiger partial charge in [0, 0.05) is 44.6 Å². The van der Waals surface area contributed by atoms with Crippen LogP contribution in [0.5, 0.6) is 0 Å². The van der Waals surface area contributed by atoms with Crippen LogP contribution in [0.4, 0.5) is 17.5 Å². The molecule has 0 radical (unpaired) electrons. The summed E-state index contributed by atoms with van der Waals surface area (Å²) in [6.45, 7) is 9.41. The maximum Gasteiger partial charge on any atom is 0.254 e. The first-order chi connectivity index (χ1) is 15.0. The van der Waals surface area contributed by atoms with Gasteiger partial charge in [-0.15, -0.1) is 0 Å². The van der Waals surface area contributed by atoms with Crippen LogP contribution in [0, 0.1) is 12.8 Å². The van der Waals surface area contributed by atoms with Crippen LogP contribution in [0.2, 0.25) is 0 Å². The Kier molecular flexibility index (Phi) is 6.67. The zero-order chi connectivity index (χ0) is 21.8. The Balaban J connectivity index is 1.41. The third-order valence-corrected chi connectivity index (χ3v) is 6.33. The predicted octanol–water partition coefficient (Wildman–Crippen LogP) is 2.09. The number of hydrogen-bond donors (Lipinski definition) is 2. The van der Waals surface area contributed by atoms with Gasteiger partial charge in [-0.1, -0.05) is 12.1 Å². The molecule has 0 bridgehead atoms. The van der Waals surface area contributed by atoms with Gasteiger partial charge >= 0.3 is 0 Å². The number of aromatic nitrogens is 2.